The van der Waals surface area contributed by atoms with E-state index in [0.717, 1.165) is 24.3 Å². The van der Waals surface area contributed by atoms with E-state index in [0.29, 0.717) is 0 Å². The van der Waals surface area contributed by atoms with Gasteiger partial charge in [0.25, 0.3) is 0 Å². The van der Waals surface area contributed by atoms with Gasteiger partial charge in [-0.1, -0.05) is 30.3 Å². The van der Waals surface area contributed by atoms with Crippen LogP contribution in [-0.4, -0.2) is 18.1 Å². The highest BCUT2D eigenvalue weighted by atomic mass is 19.4. The fourth-order valence-electron chi connectivity index (χ4n) is 2.33. The third-order valence-corrected chi connectivity index (χ3v) is 3.53. The Balaban J connectivity index is 3.06. The Morgan fingerprint density at radius 3 is 1.52 bits per heavy atom. The largest absolute Gasteiger partial charge is 0.443 e. The van der Waals surface area contributed by atoms with E-state index < -0.39 is 69.5 Å². The molecule has 156 valence electrons. The van der Waals surface area contributed by atoms with Crippen molar-refractivity contribution in [2.24, 2.45) is 0 Å². The number of benzene rings is 2. The lowest BCUT2D eigenvalue weighted by Gasteiger charge is -2.19. The Kier molecular flexibility index (Phi) is 5.77. The van der Waals surface area contributed by atoms with Crippen molar-refractivity contribution >= 4 is 11.4 Å². The van der Waals surface area contributed by atoms with Gasteiger partial charge in [-0.05, 0) is 0 Å². The summed E-state index contributed by atoms with van der Waals surface area (Å²) in [4.78, 5) is 12.3. The maximum absolute atomic E-state index is 14.2. The monoisotopic (exact) mass is 434 g/mol. The second-order valence-corrected chi connectivity index (χ2v) is 5.39. The Labute approximate surface area is 154 Å². The highest BCUT2D eigenvalue weighted by molar-refractivity contribution is 6.12. The zero-order chi connectivity index (χ0) is 22.3. The summed E-state index contributed by atoms with van der Waals surface area (Å²) in [6, 6.07) is 5.07. The molecular weight excluding hydrogens is 429 g/mol. The van der Waals surface area contributed by atoms with E-state index in [2.05, 4.69) is 0 Å². The second kappa shape index (κ2) is 7.48. The van der Waals surface area contributed by atoms with Crippen LogP contribution in [0.4, 0.5) is 48.3 Å². The van der Waals surface area contributed by atoms with Crippen LogP contribution in [0.2, 0.25) is 0 Å². The molecule has 0 N–H and O–H groups in total. The van der Waals surface area contributed by atoms with Crippen molar-refractivity contribution < 1.29 is 53.1 Å². The van der Waals surface area contributed by atoms with Crippen molar-refractivity contribution in [1.29, 1.82) is 0 Å². The fourth-order valence-corrected chi connectivity index (χ4v) is 2.33. The first-order chi connectivity index (χ1) is 13.2. The molecule has 0 spiro atoms. The van der Waals surface area contributed by atoms with Gasteiger partial charge in [-0.15, -0.1) is 0 Å². The van der Waals surface area contributed by atoms with Gasteiger partial charge in [-0.2, -0.15) is 26.3 Å². The molecule has 2 aromatic carbocycles. The number of rotatable bonds is 3. The van der Waals surface area contributed by atoms with Crippen LogP contribution < -0.4 is 0 Å². The number of alkyl halides is 6. The standard InChI is InChI=1S/C17H5F11O/c18-10-7(9(16(23,24)25)15(22)17(26,27)28)8(11(19)13(21)12(10)20)14(29)6-4-2-1-3-5-6/h1-5H/b15-9-. The van der Waals surface area contributed by atoms with Gasteiger partial charge in [0.2, 0.25) is 5.83 Å². The summed E-state index contributed by atoms with van der Waals surface area (Å²) < 4.78 is 146. The van der Waals surface area contributed by atoms with E-state index >= 15 is 0 Å². The van der Waals surface area contributed by atoms with Crippen molar-refractivity contribution in [1.82, 2.24) is 0 Å². The van der Waals surface area contributed by atoms with Crippen molar-refractivity contribution in [3.8, 4) is 0 Å². The predicted molar refractivity (Wildman–Crippen MR) is 76.3 cm³/mol. The van der Waals surface area contributed by atoms with Crippen LogP contribution in [-0.2, 0) is 0 Å². The Bertz CT molecular complexity index is 985. The molecule has 0 aromatic heterocycles. The maximum Gasteiger partial charge on any atom is 0.443 e. The van der Waals surface area contributed by atoms with E-state index in [1.165, 1.54) is 6.07 Å². The molecule has 0 unspecified atom stereocenters. The maximum atomic E-state index is 14.2. The number of halogens is 11. The molecule has 0 heterocycles. The molecule has 12 heteroatoms. The predicted octanol–water partition coefficient (Wildman–Crippen LogP) is 6.28. The average Bonchev–Trinajstić information content (AvgIpc) is 2.62. The summed E-state index contributed by atoms with van der Waals surface area (Å²) in [5.74, 6) is -17.4. The van der Waals surface area contributed by atoms with Crippen molar-refractivity contribution in [3.63, 3.8) is 0 Å². The molecule has 0 aliphatic heterocycles. The smallest absolute Gasteiger partial charge is 0.288 e. The van der Waals surface area contributed by atoms with Crippen LogP contribution in [0, 0.1) is 23.3 Å². The SMILES string of the molecule is O=C(c1ccccc1)c1c(F)c(F)c(F)c(F)c1/C(=C(/F)C(F)(F)F)C(F)(F)F. The van der Waals surface area contributed by atoms with Crippen molar-refractivity contribution in [3.05, 3.63) is 76.1 Å². The first-order valence-electron chi connectivity index (χ1n) is 7.19. The molecule has 29 heavy (non-hydrogen) atoms. The van der Waals surface area contributed by atoms with Crippen LogP contribution >= 0.6 is 0 Å². The third kappa shape index (κ3) is 4.10. The molecule has 0 radical (unpaired) electrons. The Morgan fingerprint density at radius 1 is 0.655 bits per heavy atom. The Morgan fingerprint density at radius 2 is 1.10 bits per heavy atom. The minimum Gasteiger partial charge on any atom is -0.288 e. The lowest BCUT2D eigenvalue weighted by Crippen LogP contribution is -2.24. The topological polar surface area (TPSA) is 17.1 Å². The summed E-state index contributed by atoms with van der Waals surface area (Å²) >= 11 is 0. The molecular formula is C17H5F11O. The van der Waals surface area contributed by atoms with Gasteiger partial charge in [0.15, 0.2) is 29.1 Å². The molecule has 0 saturated carbocycles. The van der Waals surface area contributed by atoms with E-state index in [9.17, 15) is 53.1 Å². The fraction of sp³-hybridized carbons (Fsp3) is 0.118. The molecule has 2 aromatic rings. The van der Waals surface area contributed by atoms with Crippen LogP contribution in [0.15, 0.2) is 36.2 Å². The molecule has 0 bridgehead atoms. The van der Waals surface area contributed by atoms with E-state index in [1.54, 1.807) is 0 Å². The minimum atomic E-state index is -6.37. The lowest BCUT2D eigenvalue weighted by molar-refractivity contribution is -0.116. The van der Waals surface area contributed by atoms with Crippen LogP contribution in [0.1, 0.15) is 21.5 Å². The van der Waals surface area contributed by atoms with E-state index in [4.69, 9.17) is 0 Å². The molecule has 0 saturated heterocycles. The van der Waals surface area contributed by atoms with Gasteiger partial charge in [-0.3, -0.25) is 4.79 Å². The quantitative estimate of drug-likeness (QED) is 0.241. The second-order valence-electron chi connectivity index (χ2n) is 5.39. The molecule has 0 aliphatic carbocycles. The van der Waals surface area contributed by atoms with Gasteiger partial charge >= 0.3 is 12.4 Å². The number of allylic oxidation sites excluding steroid dienone is 2. The van der Waals surface area contributed by atoms with E-state index in [-0.39, 0.29) is 0 Å². The number of carbonyl (C=O) groups is 1. The highest BCUT2D eigenvalue weighted by Gasteiger charge is 2.50. The highest BCUT2D eigenvalue weighted by Crippen LogP contribution is 2.45. The molecule has 0 amide bonds. The zero-order valence-electron chi connectivity index (χ0n) is 13.5. The lowest BCUT2D eigenvalue weighted by atomic mass is 9.91. The van der Waals surface area contributed by atoms with Gasteiger partial charge in [-0.25, -0.2) is 22.0 Å². The summed E-state index contributed by atoms with van der Waals surface area (Å²) in [6.07, 6.45) is -12.7. The van der Waals surface area contributed by atoms with Crippen LogP contribution in [0.5, 0.6) is 0 Å². The number of ketones is 1. The molecule has 0 aliphatic rings. The minimum absolute atomic E-state index is 0.716. The molecule has 2 rings (SSSR count). The normalized spacial score (nSPS) is 13.3. The van der Waals surface area contributed by atoms with Gasteiger partial charge in [0.1, 0.15) is 5.57 Å². The van der Waals surface area contributed by atoms with Gasteiger partial charge in [0, 0.05) is 11.1 Å². The van der Waals surface area contributed by atoms with Crippen LogP contribution in [0.3, 0.4) is 0 Å². The van der Waals surface area contributed by atoms with Crippen molar-refractivity contribution in [2.45, 2.75) is 12.4 Å². The molecule has 1 nitrogen and oxygen atoms in total. The van der Waals surface area contributed by atoms with Crippen molar-refractivity contribution in [2.75, 3.05) is 0 Å². The summed E-state index contributed by atoms with van der Waals surface area (Å²) in [5, 5.41) is 0. The third-order valence-electron chi connectivity index (χ3n) is 3.53. The number of hydrogen-bond donors (Lipinski definition) is 0. The summed E-state index contributed by atoms with van der Waals surface area (Å²) in [6.45, 7) is 0. The summed E-state index contributed by atoms with van der Waals surface area (Å²) in [5.41, 5.74) is -9.22. The van der Waals surface area contributed by atoms with Crippen LogP contribution in [0.25, 0.3) is 5.57 Å². The number of hydrogen-bond acceptors (Lipinski definition) is 1. The average molecular weight is 434 g/mol. The summed E-state index contributed by atoms with van der Waals surface area (Å²) in [7, 11) is 0. The Hall–Kier alpha value is -2.92. The molecule has 0 atom stereocenters. The molecule has 0 fully saturated rings. The number of carbonyl (C=O) groups excluding carboxylic acids is 1. The van der Waals surface area contributed by atoms with E-state index in [1.807, 2.05) is 0 Å². The zero-order valence-corrected chi connectivity index (χ0v) is 13.5. The first kappa shape index (κ1) is 22.4. The van der Waals surface area contributed by atoms with Gasteiger partial charge in [0.05, 0.1) is 5.56 Å². The first-order valence-corrected chi connectivity index (χ1v) is 7.19. The van der Waals surface area contributed by atoms with Gasteiger partial charge < -0.3 is 0 Å².